The number of aromatic nitrogens is 2. The van der Waals surface area contributed by atoms with E-state index in [1.165, 1.54) is 56.8 Å². The maximum Gasteiger partial charge on any atom is 0.501 e. The number of rotatable bonds is 26. The maximum atomic E-state index is 14.7. The summed E-state index contributed by atoms with van der Waals surface area (Å²) < 4.78 is 113. The zero-order valence-electron chi connectivity index (χ0n) is 58.3. The number of hydrogen-bond acceptors (Lipinski definition) is 19. The molecule has 0 radical (unpaired) electrons. The summed E-state index contributed by atoms with van der Waals surface area (Å²) in [6.45, 7) is 17.1. The molecule has 4 aliphatic rings. The summed E-state index contributed by atoms with van der Waals surface area (Å²) in [5.74, 6) is -2.25. The highest BCUT2D eigenvalue weighted by molar-refractivity contribution is 7.99. The van der Waals surface area contributed by atoms with E-state index in [0.29, 0.717) is 66.6 Å². The van der Waals surface area contributed by atoms with Gasteiger partial charge in [-0.05, 0) is 140 Å². The smallest absolute Gasteiger partial charge is 0.483 e. The molecule has 0 unspecified atom stereocenters. The van der Waals surface area contributed by atoms with Gasteiger partial charge in [0.25, 0.3) is 31.7 Å². The number of nitrogens with one attached hydrogen (secondary N) is 3. The van der Waals surface area contributed by atoms with E-state index in [-0.39, 0.29) is 80.1 Å². The number of sulfone groups is 1. The molecule has 21 nitrogen and oxygen atoms in total. The van der Waals surface area contributed by atoms with Crippen LogP contribution in [0, 0.1) is 25.2 Å². The molecule has 4 N–H and O–H groups in total. The van der Waals surface area contributed by atoms with Gasteiger partial charge in [0.1, 0.15) is 28.4 Å². The fraction of sp³-hybridized carbons (Fsp3) is 0.432. The molecule has 0 saturated carbocycles. The van der Waals surface area contributed by atoms with Gasteiger partial charge < -0.3 is 39.7 Å². The van der Waals surface area contributed by atoms with E-state index in [4.69, 9.17) is 20.9 Å². The molecule has 3 aliphatic heterocycles. The topological polar surface area (TPSA) is 257 Å². The average molecular weight is 1510 g/mol. The SMILES string of the molecule is Cc1cc([C@H](C(=O)N2C[C@H](O)C[C@H]2C(=O)NCc2ccc(-c3scnc3C)cc2OCC(=O)N2CCN(CC[C@H](CSc3ccccc3)Nc3ccc(S(=O)(=O)NC(=O)c4ccc(N5CCN(CC6=C(c7ccc(Cl)cc7)CCC(C)(C)C6)CC5)cc4)cc3S(=O)(=O)C(F)(F)F)CC2)C(C)C)on1. The second-order valence-corrected chi connectivity index (χ2v) is 33.8. The molecule has 29 heteroatoms. The first-order chi connectivity index (χ1) is 49.0. The molecule has 0 bridgehead atoms. The van der Waals surface area contributed by atoms with Gasteiger partial charge >= 0.3 is 5.51 Å². The van der Waals surface area contributed by atoms with Crippen LogP contribution in [0.5, 0.6) is 5.75 Å². The number of thiazole rings is 1. The lowest BCUT2D eigenvalue weighted by Crippen LogP contribution is -2.50. The monoisotopic (exact) mass is 1510 g/mol. The van der Waals surface area contributed by atoms with Gasteiger partial charge in [-0.2, -0.15) is 13.2 Å². The quantitative estimate of drug-likeness (QED) is 0.0367. The van der Waals surface area contributed by atoms with Crippen LogP contribution in [0.25, 0.3) is 16.0 Å². The molecule has 7 aromatic rings. The number of nitrogens with zero attached hydrogens (tertiary/aromatic N) is 7. The number of thioether (sulfide) groups is 1. The normalized spacial score (nSPS) is 18.4. The maximum absolute atomic E-state index is 14.7. The van der Waals surface area contributed by atoms with Crippen LogP contribution in [-0.2, 0) is 40.8 Å². The lowest BCUT2D eigenvalue weighted by molar-refractivity contribution is -0.141. The molecule has 1 aliphatic carbocycles. The Bertz CT molecular complexity index is 4450. The Morgan fingerprint density at radius 3 is 2.21 bits per heavy atom. The minimum absolute atomic E-state index is 0.0237. The lowest BCUT2D eigenvalue weighted by atomic mass is 9.73. The van der Waals surface area contributed by atoms with Crippen molar-refractivity contribution in [2.24, 2.45) is 11.3 Å². The number of halogens is 4. The van der Waals surface area contributed by atoms with Crippen molar-refractivity contribution in [3.05, 3.63) is 171 Å². The number of aliphatic hydroxyl groups is 1. The summed E-state index contributed by atoms with van der Waals surface area (Å²) in [4.78, 5) is 69.4. The van der Waals surface area contributed by atoms with E-state index in [9.17, 15) is 54.3 Å². The van der Waals surface area contributed by atoms with Crippen molar-refractivity contribution >= 4 is 95.1 Å². The molecule has 4 amide bonds. The van der Waals surface area contributed by atoms with Crippen LogP contribution in [0.15, 0.2) is 152 Å². The highest BCUT2D eigenvalue weighted by Gasteiger charge is 2.49. The predicted octanol–water partition coefficient (Wildman–Crippen LogP) is 11.5. The fourth-order valence-electron chi connectivity index (χ4n) is 13.7. The van der Waals surface area contributed by atoms with Gasteiger partial charge in [-0.25, -0.2) is 26.5 Å². The molecule has 5 heterocycles. The molecule has 5 aromatic carbocycles. The van der Waals surface area contributed by atoms with Crippen molar-refractivity contribution in [2.45, 2.75) is 124 Å². The molecule has 11 rings (SSSR count). The predicted molar refractivity (Wildman–Crippen MR) is 392 cm³/mol. The van der Waals surface area contributed by atoms with E-state index in [1.807, 2.05) is 74.0 Å². The number of sulfonamides is 1. The largest absolute Gasteiger partial charge is 0.501 e. The van der Waals surface area contributed by atoms with Crippen LogP contribution in [-0.4, -0.2) is 183 Å². The number of likely N-dealkylation sites (tertiary alicyclic amines) is 1. The molecule has 3 fully saturated rings. The first-order valence-corrected chi connectivity index (χ1v) is 39.6. The van der Waals surface area contributed by atoms with Crippen molar-refractivity contribution < 1.29 is 63.6 Å². The van der Waals surface area contributed by atoms with Crippen LogP contribution in [0.2, 0.25) is 5.02 Å². The molecule has 550 valence electrons. The number of amides is 4. The summed E-state index contributed by atoms with van der Waals surface area (Å²) in [6.07, 6.45) is 2.43. The van der Waals surface area contributed by atoms with E-state index in [1.54, 1.807) is 47.7 Å². The minimum atomic E-state index is -6.21. The van der Waals surface area contributed by atoms with Crippen LogP contribution in [0.1, 0.15) is 104 Å². The summed E-state index contributed by atoms with van der Waals surface area (Å²) in [5.41, 5.74) is 3.03. The number of benzene rings is 5. The molecule has 4 atom stereocenters. The average Bonchev–Trinajstić information content (AvgIpc) is 1.40. The van der Waals surface area contributed by atoms with Gasteiger partial charge in [0.05, 0.1) is 38.5 Å². The Morgan fingerprint density at radius 1 is 0.854 bits per heavy atom. The molecular formula is C74H86ClF3N10O11S4. The van der Waals surface area contributed by atoms with Crippen molar-refractivity contribution in [1.29, 1.82) is 0 Å². The van der Waals surface area contributed by atoms with E-state index < -0.39 is 76.8 Å². The molecule has 3 saturated heterocycles. The zero-order valence-corrected chi connectivity index (χ0v) is 62.3. The number of hydrogen-bond donors (Lipinski definition) is 4. The number of alkyl halides is 3. The summed E-state index contributed by atoms with van der Waals surface area (Å²) >= 11 is 9.04. The second kappa shape index (κ2) is 32.7. The molecule has 103 heavy (non-hydrogen) atoms. The van der Waals surface area contributed by atoms with Gasteiger partial charge in [-0.15, -0.1) is 23.1 Å². The van der Waals surface area contributed by atoms with Gasteiger partial charge in [0.2, 0.25) is 11.8 Å². The Labute approximate surface area is 612 Å². The van der Waals surface area contributed by atoms with Crippen molar-refractivity contribution in [2.75, 3.05) is 94.6 Å². The number of ether oxygens (including phenoxy) is 1. The highest BCUT2D eigenvalue weighted by atomic mass is 35.5. The van der Waals surface area contributed by atoms with Gasteiger partial charge in [-0.1, -0.05) is 92.5 Å². The van der Waals surface area contributed by atoms with Crippen molar-refractivity contribution in [3.63, 3.8) is 0 Å². The Balaban J connectivity index is 0.712. The Kier molecular flexibility index (Phi) is 24.2. The minimum Gasteiger partial charge on any atom is -0.483 e. The van der Waals surface area contributed by atoms with E-state index >= 15 is 0 Å². The number of aliphatic hydroxyl groups excluding tert-OH is 1. The Morgan fingerprint density at radius 2 is 1.55 bits per heavy atom. The van der Waals surface area contributed by atoms with Crippen molar-refractivity contribution in [1.82, 2.24) is 39.8 Å². The third-order valence-corrected chi connectivity index (χ3v) is 24.7. The summed E-state index contributed by atoms with van der Waals surface area (Å²) in [6, 6.07) is 31.3. The van der Waals surface area contributed by atoms with E-state index in [0.717, 1.165) is 77.7 Å². The first-order valence-electron chi connectivity index (χ1n) is 34.4. The van der Waals surface area contributed by atoms with Gasteiger partial charge in [0, 0.05) is 130 Å². The van der Waals surface area contributed by atoms with Gasteiger partial charge in [0.15, 0.2) is 6.61 Å². The number of piperazine rings is 2. The molecule has 0 spiro atoms. The summed E-state index contributed by atoms with van der Waals surface area (Å²) in [5, 5.41) is 21.4. The highest BCUT2D eigenvalue weighted by Crippen LogP contribution is 2.44. The van der Waals surface area contributed by atoms with Crippen LogP contribution >= 0.6 is 34.7 Å². The number of anilines is 2. The molecule has 2 aromatic heterocycles. The Hall–Kier alpha value is -7.83. The number of carbonyl (C=O) groups excluding carboxylic acids is 4. The number of carbonyl (C=O) groups is 4. The number of allylic oxidation sites excluding steroid dienone is 1. The van der Waals surface area contributed by atoms with Crippen LogP contribution in [0.4, 0.5) is 24.5 Å². The lowest BCUT2D eigenvalue weighted by Gasteiger charge is -2.39. The van der Waals surface area contributed by atoms with Crippen molar-refractivity contribution in [3.8, 4) is 16.2 Å². The number of aryl methyl sites for hydroxylation is 2. The number of β-amino-alcohol motifs (C(OH)–C–C–N with tert-alkyl or cyclic N) is 1. The third kappa shape index (κ3) is 18.8. The summed E-state index contributed by atoms with van der Waals surface area (Å²) in [7, 11) is -11.2. The second-order valence-electron chi connectivity index (χ2n) is 27.8. The van der Waals surface area contributed by atoms with Crippen LogP contribution in [0.3, 0.4) is 0 Å². The van der Waals surface area contributed by atoms with Crippen LogP contribution < -0.4 is 25.0 Å². The fourth-order valence-corrected chi connectivity index (χ4v) is 17.7. The third-order valence-electron chi connectivity index (χ3n) is 19.4. The molecular weight excluding hydrogens is 1430 g/mol. The van der Waals surface area contributed by atoms with E-state index in [2.05, 4.69) is 61.5 Å². The van der Waals surface area contributed by atoms with Gasteiger partial charge in [-0.3, -0.25) is 29.0 Å². The zero-order chi connectivity index (χ0) is 73.5. The first kappa shape index (κ1) is 76.3. The standard InChI is InChI=1S/C74H86ClF3N10O11S4/c1-47(2)68(65-36-48(3)82-99-65)72(93)88-43-58(89)38-63(88)71(92)79-41-53-13-12-52(69-49(4)80-46-101-69)37-64(53)98-44-67(90)87-34-28-84(29-35-87)27-25-56(45-100-59-10-8-7-9-11-59)81-62-23-22-60(39-66(62)102(94,95)74(76,77)78)103(96,97)83-70(91)51-16-20-57(21-17-51)86-32-30-85(31-33-86)42-54-40-73(5,6)26-24-61(54)50-14-18-55(75)19-15-50/h7-23,36-37,39,46-47,56,58,63,68,81,89H,24-35,38,40-45H2,1-6H3,(H,79,92)(H,83,91)/t56-,58-,63+,68-/m1/s1.